The van der Waals surface area contributed by atoms with Crippen LogP contribution in [0.4, 0.5) is 0 Å². The lowest BCUT2D eigenvalue weighted by molar-refractivity contribution is 0.0536. The van der Waals surface area contributed by atoms with Crippen molar-refractivity contribution in [2.24, 2.45) is 11.3 Å². The van der Waals surface area contributed by atoms with Crippen LogP contribution in [0, 0.1) is 18.3 Å². The van der Waals surface area contributed by atoms with Crippen LogP contribution in [-0.2, 0) is 12.8 Å². The lowest BCUT2D eigenvalue weighted by Gasteiger charge is -2.12. The number of ketones is 1. The van der Waals surface area contributed by atoms with E-state index >= 15 is 0 Å². The highest BCUT2D eigenvalue weighted by atomic mass is 35.5. The number of carbonyl (C=O) groups is 1. The first kappa shape index (κ1) is 20.9. The lowest BCUT2D eigenvalue weighted by atomic mass is 9.94. The summed E-state index contributed by atoms with van der Waals surface area (Å²) in [6.07, 6.45) is 1.15. The number of aliphatic hydroxyl groups excluding tert-OH is 2. The molecule has 3 atom stereocenters. The Labute approximate surface area is 180 Å². The van der Waals surface area contributed by atoms with E-state index in [0.717, 1.165) is 16.9 Å². The van der Waals surface area contributed by atoms with Crippen LogP contribution in [0.25, 0.3) is 0 Å². The average Bonchev–Trinajstić information content (AvgIpc) is 3.02. The summed E-state index contributed by atoms with van der Waals surface area (Å²) in [4.78, 5) is 15.2. The summed E-state index contributed by atoms with van der Waals surface area (Å²) in [5, 5.41) is 18.8. The minimum absolute atomic E-state index is 0.00624. The summed E-state index contributed by atoms with van der Waals surface area (Å²) < 4.78 is 5.41. The zero-order valence-electron chi connectivity index (χ0n) is 17.0. The van der Waals surface area contributed by atoms with Gasteiger partial charge in [0.05, 0.1) is 11.5 Å². The van der Waals surface area contributed by atoms with Gasteiger partial charge in [0.1, 0.15) is 18.5 Å². The van der Waals surface area contributed by atoms with E-state index in [0.29, 0.717) is 40.9 Å². The highest BCUT2D eigenvalue weighted by Crippen LogP contribution is 2.71. The summed E-state index contributed by atoms with van der Waals surface area (Å²) in [6.45, 7) is 6.49. The molecule has 1 aromatic heterocycles. The number of aryl methyl sites for hydroxylation is 2. The van der Waals surface area contributed by atoms with Gasteiger partial charge in [-0.15, -0.1) is 11.3 Å². The molecule has 0 bridgehead atoms. The van der Waals surface area contributed by atoms with Crippen molar-refractivity contribution in [3.8, 4) is 5.75 Å². The number of benzene rings is 1. The first-order chi connectivity index (χ1) is 13.7. The van der Waals surface area contributed by atoms with Crippen molar-refractivity contribution in [3.05, 3.63) is 49.7 Å². The van der Waals surface area contributed by atoms with Gasteiger partial charge in [-0.2, -0.15) is 0 Å². The summed E-state index contributed by atoms with van der Waals surface area (Å²) in [7, 11) is 0. The van der Waals surface area contributed by atoms with Gasteiger partial charge < -0.3 is 14.9 Å². The summed E-state index contributed by atoms with van der Waals surface area (Å²) in [5.74, 6) is 2.09. The van der Waals surface area contributed by atoms with Gasteiger partial charge in [-0.1, -0.05) is 31.5 Å². The van der Waals surface area contributed by atoms with Crippen LogP contribution in [-0.4, -0.2) is 35.3 Å². The van der Waals surface area contributed by atoms with Crippen molar-refractivity contribution in [3.63, 3.8) is 0 Å². The number of ether oxygens (including phenoxy) is 1. The van der Waals surface area contributed by atoms with Gasteiger partial charge in [-0.3, -0.25) is 4.79 Å². The molecule has 156 valence electrons. The number of halogens is 1. The molecule has 1 fully saturated rings. The molecule has 0 unspecified atom stereocenters. The molecule has 2 aliphatic carbocycles. The zero-order chi connectivity index (χ0) is 20.9. The SMILES string of the molecule is Cc1sc(C(=O)CCc2ccc(OC[C@@H](O)CO)cc2Cl)c2c1[C@H]1[C@@H](C2)C1(C)C. The number of carbonyl (C=O) groups excluding carboxylic acids is 1. The molecule has 4 nitrogen and oxygen atoms in total. The number of hydrogen-bond donors (Lipinski definition) is 2. The topological polar surface area (TPSA) is 66.8 Å². The molecule has 0 spiro atoms. The second kappa shape index (κ2) is 7.69. The van der Waals surface area contributed by atoms with Gasteiger partial charge in [0, 0.05) is 16.3 Å². The monoisotopic (exact) mass is 434 g/mol. The Kier molecular flexibility index (Phi) is 5.53. The number of rotatable bonds is 8. The number of aliphatic hydroxyl groups is 2. The minimum Gasteiger partial charge on any atom is -0.491 e. The Balaban J connectivity index is 1.40. The Morgan fingerprint density at radius 3 is 2.86 bits per heavy atom. The van der Waals surface area contributed by atoms with Gasteiger partial charge in [-0.05, 0) is 65.8 Å². The van der Waals surface area contributed by atoms with Gasteiger partial charge in [0.15, 0.2) is 5.78 Å². The lowest BCUT2D eigenvalue weighted by Crippen LogP contribution is -2.21. The van der Waals surface area contributed by atoms with Crippen molar-refractivity contribution < 1.29 is 19.7 Å². The third-order valence-electron chi connectivity index (χ3n) is 6.57. The Bertz CT molecular complexity index is 949. The predicted octanol–water partition coefficient (Wildman–Crippen LogP) is 4.55. The summed E-state index contributed by atoms with van der Waals surface area (Å²) >= 11 is 8.02. The van der Waals surface area contributed by atoms with E-state index in [4.69, 9.17) is 21.4 Å². The molecule has 29 heavy (non-hydrogen) atoms. The van der Waals surface area contributed by atoms with E-state index in [1.807, 2.05) is 6.07 Å². The van der Waals surface area contributed by atoms with Crippen LogP contribution in [0.3, 0.4) is 0 Å². The van der Waals surface area contributed by atoms with Crippen LogP contribution >= 0.6 is 22.9 Å². The molecule has 0 aliphatic heterocycles. The number of hydrogen-bond acceptors (Lipinski definition) is 5. The number of fused-ring (bicyclic) bond motifs is 3. The van der Waals surface area contributed by atoms with Crippen molar-refractivity contribution in [2.75, 3.05) is 13.2 Å². The van der Waals surface area contributed by atoms with Crippen LogP contribution in [0.2, 0.25) is 5.02 Å². The quantitative estimate of drug-likeness (QED) is 0.598. The molecule has 1 aromatic carbocycles. The Hall–Kier alpha value is -1.40. The third kappa shape index (κ3) is 3.74. The van der Waals surface area contributed by atoms with Crippen molar-refractivity contribution in [2.45, 2.75) is 52.1 Å². The normalized spacial score (nSPS) is 22.1. The molecule has 0 saturated heterocycles. The van der Waals surface area contributed by atoms with Crippen LogP contribution in [0.1, 0.15) is 57.4 Å². The molecule has 1 saturated carbocycles. The van der Waals surface area contributed by atoms with Crippen LogP contribution in [0.5, 0.6) is 5.75 Å². The molecule has 0 radical (unpaired) electrons. The van der Waals surface area contributed by atoms with E-state index in [-0.39, 0.29) is 19.0 Å². The number of thiophene rings is 1. The van der Waals surface area contributed by atoms with E-state index in [1.54, 1.807) is 23.5 Å². The third-order valence-corrected chi connectivity index (χ3v) is 8.13. The second-order valence-electron chi connectivity index (χ2n) is 8.81. The molecule has 4 rings (SSSR count). The van der Waals surface area contributed by atoms with Crippen molar-refractivity contribution in [1.82, 2.24) is 0 Å². The maximum atomic E-state index is 13.0. The first-order valence-corrected chi connectivity index (χ1v) is 11.3. The summed E-state index contributed by atoms with van der Waals surface area (Å²) in [6, 6.07) is 5.32. The van der Waals surface area contributed by atoms with E-state index < -0.39 is 6.10 Å². The molecule has 6 heteroatoms. The van der Waals surface area contributed by atoms with Gasteiger partial charge in [0.2, 0.25) is 0 Å². The van der Waals surface area contributed by atoms with E-state index in [2.05, 4.69) is 20.8 Å². The van der Waals surface area contributed by atoms with Crippen LogP contribution in [0.15, 0.2) is 18.2 Å². The van der Waals surface area contributed by atoms with E-state index in [9.17, 15) is 9.90 Å². The minimum atomic E-state index is -0.918. The highest BCUT2D eigenvalue weighted by Gasteiger charge is 2.63. The molecule has 2 aromatic rings. The predicted molar refractivity (Wildman–Crippen MR) is 115 cm³/mol. The van der Waals surface area contributed by atoms with Gasteiger partial charge in [0.25, 0.3) is 0 Å². The smallest absolute Gasteiger partial charge is 0.173 e. The van der Waals surface area contributed by atoms with Gasteiger partial charge in [-0.25, -0.2) is 0 Å². The first-order valence-electron chi connectivity index (χ1n) is 10.1. The molecule has 2 aliphatic rings. The molecular weight excluding hydrogens is 408 g/mol. The standard InChI is InChI=1S/C23H27ClO4S/c1-12-20-16(9-17-21(20)23(17,2)3)22(29-12)19(27)7-5-13-4-6-15(8-18(13)24)28-11-14(26)10-25/h4,6,8,14,17,21,25-26H,5,7,9-11H2,1-3H3/t14-,17+,21+/m0/s1. The fourth-order valence-corrected chi connectivity index (χ4v) is 6.25. The maximum Gasteiger partial charge on any atom is 0.173 e. The zero-order valence-corrected chi connectivity index (χ0v) is 18.6. The molecule has 0 amide bonds. The van der Waals surface area contributed by atoms with Crippen LogP contribution < -0.4 is 4.74 Å². The number of Topliss-reactive ketones (excluding diaryl/α,β-unsaturated/α-hetero) is 1. The molecule has 2 N–H and O–H groups in total. The fraction of sp³-hybridized carbons (Fsp3) is 0.522. The summed E-state index contributed by atoms with van der Waals surface area (Å²) in [5.41, 5.74) is 4.06. The average molecular weight is 435 g/mol. The fourth-order valence-electron chi connectivity index (χ4n) is 4.78. The second-order valence-corrected chi connectivity index (χ2v) is 10.4. The largest absolute Gasteiger partial charge is 0.491 e. The van der Waals surface area contributed by atoms with E-state index in [1.165, 1.54) is 16.0 Å². The highest BCUT2D eigenvalue weighted by molar-refractivity contribution is 7.14. The maximum absolute atomic E-state index is 13.0. The van der Waals surface area contributed by atoms with Crippen molar-refractivity contribution in [1.29, 1.82) is 0 Å². The molecule has 1 heterocycles. The molecular formula is C23H27ClO4S. The Morgan fingerprint density at radius 2 is 2.17 bits per heavy atom. The van der Waals surface area contributed by atoms with Gasteiger partial charge >= 0.3 is 0 Å². The Morgan fingerprint density at radius 1 is 1.41 bits per heavy atom. The van der Waals surface area contributed by atoms with Crippen molar-refractivity contribution >= 4 is 28.7 Å².